The van der Waals surface area contributed by atoms with Crippen LogP contribution < -0.4 is 10.6 Å². The Balaban J connectivity index is 2.51. The highest BCUT2D eigenvalue weighted by atomic mass is 15.2. The predicted octanol–water partition coefficient (Wildman–Crippen LogP) is 2.47. The van der Waals surface area contributed by atoms with Crippen LogP contribution in [0.1, 0.15) is 33.3 Å². The molecule has 1 aromatic carbocycles. The summed E-state index contributed by atoms with van der Waals surface area (Å²) < 4.78 is 0. The summed E-state index contributed by atoms with van der Waals surface area (Å²) in [6.45, 7) is 11.2. The zero-order valence-corrected chi connectivity index (χ0v) is 14.1. The highest BCUT2D eigenvalue weighted by Gasteiger charge is 2.09. The first-order valence-corrected chi connectivity index (χ1v) is 7.82. The van der Waals surface area contributed by atoms with Gasteiger partial charge in [0.15, 0.2) is 5.96 Å². The van der Waals surface area contributed by atoms with Gasteiger partial charge in [-0.2, -0.15) is 0 Å². The van der Waals surface area contributed by atoms with Crippen molar-refractivity contribution in [3.63, 3.8) is 0 Å². The molecule has 0 spiro atoms. The standard InChI is InChI=1S/C17H30N4/c1-6-18-17(20-14(2)3)19-12-15(4)21(5)13-16-10-8-7-9-11-16/h7-11,14-15H,6,12-13H2,1-5H3,(H2,18,19,20). The van der Waals surface area contributed by atoms with E-state index in [0.29, 0.717) is 12.1 Å². The summed E-state index contributed by atoms with van der Waals surface area (Å²) in [5, 5.41) is 6.62. The van der Waals surface area contributed by atoms with Gasteiger partial charge in [0.2, 0.25) is 0 Å². The van der Waals surface area contributed by atoms with Crippen molar-refractivity contribution in [2.75, 3.05) is 20.1 Å². The molecule has 1 unspecified atom stereocenters. The van der Waals surface area contributed by atoms with Crippen LogP contribution in [-0.4, -0.2) is 43.1 Å². The number of nitrogens with one attached hydrogen (secondary N) is 2. The smallest absolute Gasteiger partial charge is 0.191 e. The van der Waals surface area contributed by atoms with Crippen LogP contribution in [0.5, 0.6) is 0 Å². The summed E-state index contributed by atoms with van der Waals surface area (Å²) in [5.74, 6) is 0.896. The van der Waals surface area contributed by atoms with Crippen molar-refractivity contribution in [2.24, 2.45) is 4.99 Å². The zero-order valence-electron chi connectivity index (χ0n) is 14.1. The molecule has 0 radical (unpaired) electrons. The van der Waals surface area contributed by atoms with Crippen molar-refractivity contribution < 1.29 is 0 Å². The Morgan fingerprint density at radius 3 is 2.43 bits per heavy atom. The van der Waals surface area contributed by atoms with Crippen molar-refractivity contribution in [1.82, 2.24) is 15.5 Å². The van der Waals surface area contributed by atoms with Crippen molar-refractivity contribution >= 4 is 5.96 Å². The summed E-state index contributed by atoms with van der Waals surface area (Å²) in [4.78, 5) is 7.00. The molecule has 4 heteroatoms. The molecule has 0 aliphatic rings. The Morgan fingerprint density at radius 2 is 1.86 bits per heavy atom. The van der Waals surface area contributed by atoms with Gasteiger partial charge < -0.3 is 10.6 Å². The molecule has 0 saturated carbocycles. The predicted molar refractivity (Wildman–Crippen MR) is 91.6 cm³/mol. The minimum Gasteiger partial charge on any atom is -0.357 e. The molecule has 0 bridgehead atoms. The normalized spacial score (nSPS) is 13.6. The molecule has 0 heterocycles. The van der Waals surface area contributed by atoms with E-state index in [0.717, 1.165) is 25.6 Å². The van der Waals surface area contributed by atoms with Crippen molar-refractivity contribution in [3.05, 3.63) is 35.9 Å². The lowest BCUT2D eigenvalue weighted by Gasteiger charge is -2.24. The zero-order chi connectivity index (χ0) is 15.7. The molecule has 1 aromatic rings. The summed E-state index contributed by atoms with van der Waals surface area (Å²) in [7, 11) is 2.15. The van der Waals surface area contributed by atoms with E-state index in [1.807, 2.05) is 0 Å². The molecule has 4 nitrogen and oxygen atoms in total. The Morgan fingerprint density at radius 1 is 1.19 bits per heavy atom. The minimum atomic E-state index is 0.389. The SMILES string of the molecule is CCNC(=NCC(C)N(C)Cc1ccccc1)NC(C)C. The lowest BCUT2D eigenvalue weighted by molar-refractivity contribution is 0.255. The average Bonchev–Trinajstić information content (AvgIpc) is 2.45. The third-order valence-corrected chi connectivity index (χ3v) is 3.31. The van der Waals surface area contributed by atoms with Gasteiger partial charge in [-0.05, 0) is 40.3 Å². The Hall–Kier alpha value is -1.55. The number of aliphatic imine (C=N–C) groups is 1. The van der Waals surface area contributed by atoms with E-state index in [9.17, 15) is 0 Å². The van der Waals surface area contributed by atoms with Crippen molar-refractivity contribution in [1.29, 1.82) is 0 Å². The number of nitrogens with zero attached hydrogens (tertiary/aromatic N) is 2. The van der Waals surface area contributed by atoms with E-state index in [4.69, 9.17) is 0 Å². The Labute approximate surface area is 129 Å². The van der Waals surface area contributed by atoms with Gasteiger partial charge in [0.05, 0.1) is 6.54 Å². The second-order valence-electron chi connectivity index (χ2n) is 5.77. The van der Waals surface area contributed by atoms with E-state index in [1.54, 1.807) is 0 Å². The first kappa shape index (κ1) is 17.5. The van der Waals surface area contributed by atoms with Crippen LogP contribution in [-0.2, 0) is 6.54 Å². The second kappa shape index (κ2) is 9.40. The van der Waals surface area contributed by atoms with Gasteiger partial charge in [0.25, 0.3) is 0 Å². The van der Waals surface area contributed by atoms with Crippen LogP contribution in [0.4, 0.5) is 0 Å². The van der Waals surface area contributed by atoms with Gasteiger partial charge in [-0.25, -0.2) is 0 Å². The van der Waals surface area contributed by atoms with E-state index >= 15 is 0 Å². The lowest BCUT2D eigenvalue weighted by atomic mass is 10.2. The molecule has 0 aliphatic heterocycles. The summed E-state index contributed by atoms with van der Waals surface area (Å²) in [5.41, 5.74) is 1.34. The van der Waals surface area contributed by atoms with Crippen LogP contribution in [0.15, 0.2) is 35.3 Å². The topological polar surface area (TPSA) is 39.7 Å². The number of hydrogen-bond donors (Lipinski definition) is 2. The summed E-state index contributed by atoms with van der Waals surface area (Å²) in [6.07, 6.45) is 0. The van der Waals surface area contributed by atoms with E-state index in [-0.39, 0.29) is 0 Å². The molecular formula is C17H30N4. The minimum absolute atomic E-state index is 0.389. The molecule has 21 heavy (non-hydrogen) atoms. The van der Waals surface area contributed by atoms with Gasteiger partial charge in [-0.3, -0.25) is 9.89 Å². The number of guanidine groups is 1. The van der Waals surface area contributed by atoms with Crippen LogP contribution in [0, 0.1) is 0 Å². The quantitative estimate of drug-likeness (QED) is 0.598. The largest absolute Gasteiger partial charge is 0.357 e. The first-order valence-electron chi connectivity index (χ1n) is 7.82. The van der Waals surface area contributed by atoms with E-state index in [1.165, 1.54) is 5.56 Å². The van der Waals surface area contributed by atoms with Gasteiger partial charge >= 0.3 is 0 Å². The van der Waals surface area contributed by atoms with Crippen LogP contribution in [0.2, 0.25) is 0 Å². The van der Waals surface area contributed by atoms with Crippen LogP contribution >= 0.6 is 0 Å². The lowest BCUT2D eigenvalue weighted by Crippen LogP contribution is -2.42. The third kappa shape index (κ3) is 7.14. The van der Waals surface area contributed by atoms with Gasteiger partial charge in [0.1, 0.15) is 0 Å². The third-order valence-electron chi connectivity index (χ3n) is 3.31. The molecule has 1 atom stereocenters. The maximum atomic E-state index is 4.67. The Kier molecular flexibility index (Phi) is 7.83. The highest BCUT2D eigenvalue weighted by molar-refractivity contribution is 5.79. The van der Waals surface area contributed by atoms with Crippen LogP contribution in [0.25, 0.3) is 0 Å². The molecular weight excluding hydrogens is 260 g/mol. The fourth-order valence-electron chi connectivity index (χ4n) is 1.98. The number of hydrogen-bond acceptors (Lipinski definition) is 2. The molecule has 0 fully saturated rings. The Bertz CT molecular complexity index is 414. The first-order chi connectivity index (χ1) is 10.0. The second-order valence-corrected chi connectivity index (χ2v) is 5.77. The molecule has 0 aromatic heterocycles. The van der Waals surface area contributed by atoms with Gasteiger partial charge in [0, 0.05) is 25.2 Å². The number of likely N-dealkylation sites (N-methyl/N-ethyl adjacent to an activating group) is 1. The van der Waals surface area contributed by atoms with Gasteiger partial charge in [-0.15, -0.1) is 0 Å². The molecule has 0 aliphatic carbocycles. The summed E-state index contributed by atoms with van der Waals surface area (Å²) in [6, 6.07) is 11.3. The van der Waals surface area contributed by atoms with Gasteiger partial charge in [-0.1, -0.05) is 30.3 Å². The molecule has 2 N–H and O–H groups in total. The maximum absolute atomic E-state index is 4.67. The highest BCUT2D eigenvalue weighted by Crippen LogP contribution is 2.06. The maximum Gasteiger partial charge on any atom is 0.191 e. The van der Waals surface area contributed by atoms with E-state index in [2.05, 4.69) is 85.6 Å². The van der Waals surface area contributed by atoms with E-state index < -0.39 is 0 Å². The molecule has 1 rings (SSSR count). The molecule has 118 valence electrons. The van der Waals surface area contributed by atoms with Crippen molar-refractivity contribution in [3.8, 4) is 0 Å². The van der Waals surface area contributed by atoms with Crippen molar-refractivity contribution in [2.45, 2.75) is 46.3 Å². The average molecular weight is 290 g/mol. The molecule has 0 saturated heterocycles. The number of benzene rings is 1. The number of rotatable bonds is 7. The molecule has 0 amide bonds. The summed E-state index contributed by atoms with van der Waals surface area (Å²) >= 11 is 0. The fourth-order valence-corrected chi connectivity index (χ4v) is 1.98. The fraction of sp³-hybridized carbons (Fsp3) is 0.588. The monoisotopic (exact) mass is 290 g/mol. The van der Waals surface area contributed by atoms with Crippen LogP contribution in [0.3, 0.4) is 0 Å².